The lowest BCUT2D eigenvalue weighted by molar-refractivity contribution is -0.148. The molecule has 0 radical (unpaired) electrons. The summed E-state index contributed by atoms with van der Waals surface area (Å²) in [5.41, 5.74) is -0.830. The highest BCUT2D eigenvalue weighted by molar-refractivity contribution is 7.14. The summed E-state index contributed by atoms with van der Waals surface area (Å²) in [5.74, 6) is -0.820. The summed E-state index contributed by atoms with van der Waals surface area (Å²) in [4.78, 5) is 30.4. The van der Waals surface area contributed by atoms with Crippen molar-refractivity contribution in [2.24, 2.45) is 11.3 Å². The molecule has 0 spiro atoms. The highest BCUT2D eigenvalue weighted by atomic mass is 32.1. The Hall–Kier alpha value is -1.66. The van der Waals surface area contributed by atoms with Crippen LogP contribution in [0.3, 0.4) is 0 Å². The lowest BCUT2D eigenvalue weighted by Crippen LogP contribution is -2.42. The van der Waals surface area contributed by atoms with Crippen molar-refractivity contribution < 1.29 is 14.7 Å². The Morgan fingerprint density at radius 3 is 2.78 bits per heavy atom. The summed E-state index contributed by atoms with van der Waals surface area (Å²) in [6, 6.07) is 3.84. The monoisotopic (exact) mass is 334 g/mol. The van der Waals surface area contributed by atoms with Crippen LogP contribution in [-0.4, -0.2) is 59.5 Å². The Labute approximate surface area is 140 Å². The molecule has 5 nitrogen and oxygen atoms in total. The van der Waals surface area contributed by atoms with Crippen LogP contribution in [0.25, 0.3) is 0 Å². The van der Waals surface area contributed by atoms with E-state index < -0.39 is 11.4 Å². The molecule has 0 saturated carbocycles. The summed E-state index contributed by atoms with van der Waals surface area (Å²) in [5, 5.41) is 9.78. The Morgan fingerprint density at radius 1 is 1.43 bits per heavy atom. The molecule has 3 rings (SSSR count). The summed E-state index contributed by atoms with van der Waals surface area (Å²) < 4.78 is 0. The van der Waals surface area contributed by atoms with Crippen LogP contribution < -0.4 is 0 Å². The normalized spacial score (nSPS) is 27.2. The molecule has 0 bridgehead atoms. The van der Waals surface area contributed by atoms with Crippen molar-refractivity contribution in [1.82, 2.24) is 9.80 Å². The molecule has 2 fully saturated rings. The minimum absolute atomic E-state index is 0.00509. The maximum atomic E-state index is 12.7. The van der Waals surface area contributed by atoms with Crippen molar-refractivity contribution in [3.05, 3.63) is 34.5 Å². The second-order valence-corrected chi connectivity index (χ2v) is 7.61. The molecule has 2 aliphatic rings. The van der Waals surface area contributed by atoms with Crippen LogP contribution in [0.5, 0.6) is 0 Å². The zero-order valence-electron chi connectivity index (χ0n) is 13.3. The number of nitrogens with zero attached hydrogens (tertiary/aromatic N) is 2. The van der Waals surface area contributed by atoms with E-state index in [-0.39, 0.29) is 11.8 Å². The molecule has 2 aliphatic heterocycles. The number of amides is 1. The standard InChI is InChI=1S/C17H22N2O3S/c1-3-7-18-8-12-9-19(11-17(12,10-18)16(21)22)15(20)14-6-5-13(4-2)23-14/h3,5-6,12H,1,4,7-11H2,2H3,(H,21,22)/t12-,17-/m1/s1. The lowest BCUT2D eigenvalue weighted by Gasteiger charge is -2.24. The van der Waals surface area contributed by atoms with Crippen molar-refractivity contribution in [2.45, 2.75) is 13.3 Å². The number of hydrogen-bond acceptors (Lipinski definition) is 4. The quantitative estimate of drug-likeness (QED) is 0.836. The van der Waals surface area contributed by atoms with E-state index in [0.29, 0.717) is 37.6 Å². The zero-order valence-corrected chi connectivity index (χ0v) is 14.1. The van der Waals surface area contributed by atoms with Gasteiger partial charge in [-0.1, -0.05) is 13.0 Å². The fourth-order valence-corrected chi connectivity index (χ4v) is 4.70. The third-order valence-corrected chi connectivity index (χ3v) is 6.22. The first-order valence-corrected chi connectivity index (χ1v) is 8.76. The number of carboxylic acid groups (broad SMARTS) is 1. The number of rotatable bonds is 5. The fourth-order valence-electron chi connectivity index (χ4n) is 3.79. The van der Waals surface area contributed by atoms with Gasteiger partial charge in [0, 0.05) is 43.5 Å². The zero-order chi connectivity index (χ0) is 16.6. The minimum Gasteiger partial charge on any atom is -0.481 e. The van der Waals surface area contributed by atoms with Gasteiger partial charge in [-0.25, -0.2) is 0 Å². The number of aryl methyl sites for hydroxylation is 1. The average Bonchev–Trinajstić information content (AvgIpc) is 3.18. The second kappa shape index (κ2) is 6.09. The van der Waals surface area contributed by atoms with Gasteiger partial charge in [0.1, 0.15) is 5.41 Å². The maximum Gasteiger partial charge on any atom is 0.313 e. The molecule has 3 heterocycles. The topological polar surface area (TPSA) is 60.9 Å². The third-order valence-electron chi connectivity index (χ3n) is 5.00. The first-order chi connectivity index (χ1) is 11.0. The highest BCUT2D eigenvalue weighted by Gasteiger charge is 2.58. The van der Waals surface area contributed by atoms with Crippen LogP contribution in [-0.2, 0) is 11.2 Å². The van der Waals surface area contributed by atoms with Crippen LogP contribution in [0, 0.1) is 11.3 Å². The molecule has 23 heavy (non-hydrogen) atoms. The third kappa shape index (κ3) is 2.70. The Kier molecular flexibility index (Phi) is 4.29. The maximum absolute atomic E-state index is 12.7. The second-order valence-electron chi connectivity index (χ2n) is 6.45. The largest absolute Gasteiger partial charge is 0.481 e. The lowest BCUT2D eigenvalue weighted by atomic mass is 9.81. The van der Waals surface area contributed by atoms with E-state index in [2.05, 4.69) is 18.4 Å². The van der Waals surface area contributed by atoms with Crippen LogP contribution in [0.15, 0.2) is 24.8 Å². The predicted octanol–water partition coefficient (Wildman–Crippen LogP) is 1.96. The van der Waals surface area contributed by atoms with Crippen LogP contribution in [0.2, 0.25) is 0 Å². The summed E-state index contributed by atoms with van der Waals surface area (Å²) in [6.07, 6.45) is 2.72. The van der Waals surface area contributed by atoms with E-state index in [1.54, 1.807) is 11.0 Å². The molecule has 6 heteroatoms. The molecule has 1 aromatic rings. The van der Waals surface area contributed by atoms with Crippen LogP contribution >= 0.6 is 11.3 Å². The molecule has 1 amide bonds. The van der Waals surface area contributed by atoms with E-state index in [1.165, 1.54) is 16.2 Å². The SMILES string of the molecule is C=CCN1C[C@@H]2CN(C(=O)c3ccc(CC)s3)C[C@]2(C(=O)O)C1. The molecule has 1 aromatic heterocycles. The van der Waals surface area contributed by atoms with Gasteiger partial charge in [-0.15, -0.1) is 17.9 Å². The molecule has 124 valence electrons. The van der Waals surface area contributed by atoms with Crippen LogP contribution in [0.1, 0.15) is 21.5 Å². The van der Waals surface area contributed by atoms with Crippen LogP contribution in [0.4, 0.5) is 0 Å². The van der Waals surface area contributed by atoms with E-state index in [1.807, 2.05) is 12.1 Å². The van der Waals surface area contributed by atoms with E-state index >= 15 is 0 Å². The molecule has 2 atom stereocenters. The summed E-state index contributed by atoms with van der Waals surface area (Å²) in [6.45, 7) is 8.53. The number of likely N-dealkylation sites (tertiary alicyclic amines) is 2. The van der Waals surface area contributed by atoms with Gasteiger partial charge in [0.05, 0.1) is 4.88 Å². The number of carboxylic acids is 1. The molecule has 1 N–H and O–H groups in total. The average molecular weight is 334 g/mol. The van der Waals surface area contributed by atoms with Crippen molar-refractivity contribution in [3.8, 4) is 0 Å². The van der Waals surface area contributed by atoms with Gasteiger partial charge in [-0.05, 0) is 18.6 Å². The fraction of sp³-hybridized carbons (Fsp3) is 0.529. The Bertz CT molecular complexity index is 642. The molecule has 0 aliphatic carbocycles. The van der Waals surface area contributed by atoms with Gasteiger partial charge in [-0.2, -0.15) is 0 Å². The molecule has 0 unspecified atom stereocenters. The number of aliphatic carboxylic acids is 1. The molecular formula is C17H22N2O3S. The summed E-state index contributed by atoms with van der Waals surface area (Å²) in [7, 11) is 0. The number of carbonyl (C=O) groups excluding carboxylic acids is 1. The van der Waals surface area contributed by atoms with E-state index in [4.69, 9.17) is 0 Å². The molecule has 0 aromatic carbocycles. The molecule has 2 saturated heterocycles. The highest BCUT2D eigenvalue weighted by Crippen LogP contribution is 2.43. The number of fused-ring (bicyclic) bond motifs is 1. The van der Waals surface area contributed by atoms with Gasteiger partial charge < -0.3 is 10.0 Å². The van der Waals surface area contributed by atoms with Gasteiger partial charge in [0.2, 0.25) is 0 Å². The Balaban J connectivity index is 1.77. The molecular weight excluding hydrogens is 312 g/mol. The first kappa shape index (κ1) is 16.2. The smallest absolute Gasteiger partial charge is 0.313 e. The first-order valence-electron chi connectivity index (χ1n) is 7.94. The van der Waals surface area contributed by atoms with Crippen molar-refractivity contribution in [1.29, 1.82) is 0 Å². The minimum atomic E-state index is -0.830. The predicted molar refractivity (Wildman–Crippen MR) is 89.8 cm³/mol. The number of carbonyl (C=O) groups is 2. The van der Waals surface area contributed by atoms with Gasteiger partial charge in [-0.3, -0.25) is 14.5 Å². The summed E-state index contributed by atoms with van der Waals surface area (Å²) >= 11 is 1.51. The van der Waals surface area contributed by atoms with Crippen molar-refractivity contribution in [3.63, 3.8) is 0 Å². The van der Waals surface area contributed by atoms with Gasteiger partial charge in [0.15, 0.2) is 0 Å². The van der Waals surface area contributed by atoms with E-state index in [0.717, 1.165) is 6.42 Å². The van der Waals surface area contributed by atoms with Crippen molar-refractivity contribution >= 4 is 23.2 Å². The Morgan fingerprint density at radius 2 is 2.22 bits per heavy atom. The van der Waals surface area contributed by atoms with E-state index in [9.17, 15) is 14.7 Å². The number of hydrogen-bond donors (Lipinski definition) is 1. The van der Waals surface area contributed by atoms with Crippen molar-refractivity contribution in [2.75, 3.05) is 32.7 Å². The van der Waals surface area contributed by atoms with Gasteiger partial charge in [0.25, 0.3) is 5.91 Å². The number of thiophene rings is 1. The van der Waals surface area contributed by atoms with Gasteiger partial charge >= 0.3 is 5.97 Å².